The quantitative estimate of drug-likeness (QED) is 0.759. The molecule has 1 heterocycles. The van der Waals surface area contributed by atoms with Crippen LogP contribution in [0.1, 0.15) is 11.5 Å². The number of carboxylic acids is 1. The van der Waals surface area contributed by atoms with Gasteiger partial charge >= 0.3 is 5.97 Å². The summed E-state index contributed by atoms with van der Waals surface area (Å²) in [6.45, 7) is 0.286. The van der Waals surface area contributed by atoms with Gasteiger partial charge in [-0.25, -0.2) is 0 Å². The normalized spacial score (nSPS) is 16.6. The fraction of sp³-hybridized carbons (Fsp3) is 0.308. The van der Waals surface area contributed by atoms with Crippen molar-refractivity contribution in [1.29, 1.82) is 5.26 Å². The third-order valence-corrected chi connectivity index (χ3v) is 3.05. The number of hydrogen-bond acceptors (Lipinski definition) is 4. The van der Waals surface area contributed by atoms with Crippen LogP contribution in [0, 0.1) is 11.3 Å². The summed E-state index contributed by atoms with van der Waals surface area (Å²) in [5.74, 6) is -1.80. The SMILES string of the molecule is N#CCNC(=O)CN1CC(C(=O)O)c2ccccc21. The van der Waals surface area contributed by atoms with Crippen molar-refractivity contribution in [3.8, 4) is 6.07 Å². The summed E-state index contributed by atoms with van der Waals surface area (Å²) in [5, 5.41) is 20.0. The minimum Gasteiger partial charge on any atom is -0.481 e. The Hall–Kier alpha value is -2.55. The maximum absolute atomic E-state index is 11.6. The van der Waals surface area contributed by atoms with Gasteiger partial charge in [0, 0.05) is 12.2 Å². The molecule has 0 saturated heterocycles. The monoisotopic (exact) mass is 259 g/mol. The summed E-state index contributed by atoms with van der Waals surface area (Å²) in [5.41, 5.74) is 1.49. The van der Waals surface area contributed by atoms with Crippen LogP contribution >= 0.6 is 0 Å². The molecule has 0 spiro atoms. The first-order chi connectivity index (χ1) is 9.13. The minimum absolute atomic E-state index is 0.0450. The Balaban J connectivity index is 2.14. The number of carbonyl (C=O) groups excluding carboxylic acids is 1. The van der Waals surface area contributed by atoms with Crippen molar-refractivity contribution in [3.05, 3.63) is 29.8 Å². The van der Waals surface area contributed by atoms with Gasteiger partial charge in [-0.05, 0) is 11.6 Å². The first-order valence-electron chi connectivity index (χ1n) is 5.84. The Kier molecular flexibility index (Phi) is 3.66. The van der Waals surface area contributed by atoms with E-state index in [9.17, 15) is 14.7 Å². The van der Waals surface area contributed by atoms with Gasteiger partial charge in [0.25, 0.3) is 0 Å². The topological polar surface area (TPSA) is 93.4 Å². The second kappa shape index (κ2) is 5.40. The molecule has 6 heteroatoms. The van der Waals surface area contributed by atoms with Crippen molar-refractivity contribution in [1.82, 2.24) is 5.32 Å². The number of nitrogens with one attached hydrogen (secondary N) is 1. The van der Waals surface area contributed by atoms with Crippen LogP contribution in [-0.4, -0.2) is 36.6 Å². The number of rotatable bonds is 4. The number of nitrogens with zero attached hydrogens (tertiary/aromatic N) is 2. The Morgan fingerprint density at radius 3 is 2.89 bits per heavy atom. The number of aliphatic carboxylic acids is 1. The fourth-order valence-corrected chi connectivity index (χ4v) is 2.22. The van der Waals surface area contributed by atoms with Gasteiger partial charge in [-0.2, -0.15) is 5.26 Å². The van der Waals surface area contributed by atoms with Crippen LogP contribution in [0.5, 0.6) is 0 Å². The molecule has 2 N–H and O–H groups in total. The first kappa shape index (κ1) is 12.9. The summed E-state index contributed by atoms with van der Waals surface area (Å²) in [7, 11) is 0. The molecule has 1 aliphatic heterocycles. The van der Waals surface area contributed by atoms with E-state index in [2.05, 4.69) is 5.32 Å². The van der Waals surface area contributed by atoms with Gasteiger partial charge < -0.3 is 15.3 Å². The van der Waals surface area contributed by atoms with Crippen LogP contribution in [0.2, 0.25) is 0 Å². The zero-order valence-corrected chi connectivity index (χ0v) is 10.2. The maximum atomic E-state index is 11.6. The van der Waals surface area contributed by atoms with E-state index in [1.54, 1.807) is 23.1 Å². The van der Waals surface area contributed by atoms with E-state index in [-0.39, 0.29) is 25.5 Å². The molecule has 0 saturated carbocycles. The molecule has 1 aromatic carbocycles. The second-order valence-corrected chi connectivity index (χ2v) is 4.27. The van der Waals surface area contributed by atoms with E-state index in [1.807, 2.05) is 12.1 Å². The largest absolute Gasteiger partial charge is 0.481 e. The fourth-order valence-electron chi connectivity index (χ4n) is 2.22. The van der Waals surface area contributed by atoms with Gasteiger partial charge in [-0.15, -0.1) is 0 Å². The van der Waals surface area contributed by atoms with E-state index in [0.717, 1.165) is 11.3 Å². The number of nitriles is 1. The van der Waals surface area contributed by atoms with Crippen LogP contribution < -0.4 is 10.2 Å². The van der Waals surface area contributed by atoms with Gasteiger partial charge in [0.2, 0.25) is 5.91 Å². The second-order valence-electron chi connectivity index (χ2n) is 4.27. The zero-order chi connectivity index (χ0) is 13.8. The van der Waals surface area contributed by atoms with Crippen molar-refractivity contribution in [2.75, 3.05) is 24.5 Å². The summed E-state index contributed by atoms with van der Waals surface area (Å²) in [4.78, 5) is 24.5. The van der Waals surface area contributed by atoms with Crippen molar-refractivity contribution in [3.63, 3.8) is 0 Å². The molecule has 2 rings (SSSR count). The van der Waals surface area contributed by atoms with Crippen LogP contribution in [0.15, 0.2) is 24.3 Å². The molecule has 1 atom stereocenters. The van der Waals surface area contributed by atoms with Crippen molar-refractivity contribution in [2.45, 2.75) is 5.92 Å². The van der Waals surface area contributed by atoms with Crippen molar-refractivity contribution >= 4 is 17.6 Å². The van der Waals surface area contributed by atoms with E-state index in [4.69, 9.17) is 5.26 Å². The lowest BCUT2D eigenvalue weighted by atomic mass is 10.0. The first-order valence-corrected chi connectivity index (χ1v) is 5.84. The number of benzene rings is 1. The molecule has 0 fully saturated rings. The molecule has 19 heavy (non-hydrogen) atoms. The number of para-hydroxylation sites is 1. The lowest BCUT2D eigenvalue weighted by molar-refractivity contribution is -0.138. The average molecular weight is 259 g/mol. The summed E-state index contributed by atoms with van der Waals surface area (Å²) in [6.07, 6.45) is 0. The summed E-state index contributed by atoms with van der Waals surface area (Å²) in [6, 6.07) is 8.99. The molecule has 1 amide bonds. The lowest BCUT2D eigenvalue weighted by Gasteiger charge is -2.18. The van der Waals surface area contributed by atoms with E-state index in [0.29, 0.717) is 0 Å². The molecule has 0 radical (unpaired) electrons. The van der Waals surface area contributed by atoms with Gasteiger partial charge in [0.15, 0.2) is 0 Å². The summed E-state index contributed by atoms with van der Waals surface area (Å²) < 4.78 is 0. The highest BCUT2D eigenvalue weighted by molar-refractivity contribution is 5.87. The van der Waals surface area contributed by atoms with E-state index < -0.39 is 11.9 Å². The maximum Gasteiger partial charge on any atom is 0.312 e. The standard InChI is InChI=1S/C13H13N3O3/c14-5-6-15-12(17)8-16-7-10(13(18)19)9-3-1-2-4-11(9)16/h1-4,10H,6-8H2,(H,15,17)(H,18,19). The Bertz CT molecular complexity index is 550. The number of carboxylic acid groups (broad SMARTS) is 1. The highest BCUT2D eigenvalue weighted by atomic mass is 16.4. The third-order valence-electron chi connectivity index (χ3n) is 3.05. The minimum atomic E-state index is -0.896. The lowest BCUT2D eigenvalue weighted by Crippen LogP contribution is -2.37. The van der Waals surface area contributed by atoms with Crippen LogP contribution in [0.25, 0.3) is 0 Å². The number of carbonyl (C=O) groups is 2. The molecule has 0 aliphatic carbocycles. The molecule has 1 unspecified atom stereocenters. The van der Waals surface area contributed by atoms with Gasteiger partial charge in [-0.3, -0.25) is 9.59 Å². The molecule has 98 valence electrons. The van der Waals surface area contributed by atoms with Gasteiger partial charge in [0.05, 0.1) is 12.6 Å². The Labute approximate surface area is 110 Å². The molecule has 1 aromatic rings. The van der Waals surface area contributed by atoms with Gasteiger partial charge in [0.1, 0.15) is 12.5 Å². The van der Waals surface area contributed by atoms with E-state index >= 15 is 0 Å². The van der Waals surface area contributed by atoms with E-state index in [1.165, 1.54) is 0 Å². The molecular weight excluding hydrogens is 246 g/mol. The predicted octanol–water partition coefficient (Wildman–Crippen LogP) is 0.315. The smallest absolute Gasteiger partial charge is 0.312 e. The van der Waals surface area contributed by atoms with Crippen LogP contribution in [0.3, 0.4) is 0 Å². The van der Waals surface area contributed by atoms with Crippen LogP contribution in [-0.2, 0) is 9.59 Å². The molecule has 1 aliphatic rings. The summed E-state index contributed by atoms with van der Waals surface area (Å²) >= 11 is 0. The molecule has 0 aromatic heterocycles. The average Bonchev–Trinajstić information content (AvgIpc) is 2.76. The molecular formula is C13H13N3O3. The zero-order valence-electron chi connectivity index (χ0n) is 10.2. The van der Waals surface area contributed by atoms with Gasteiger partial charge in [-0.1, -0.05) is 18.2 Å². The number of amides is 1. The van der Waals surface area contributed by atoms with Crippen molar-refractivity contribution in [2.24, 2.45) is 0 Å². The number of hydrogen-bond donors (Lipinski definition) is 2. The number of fused-ring (bicyclic) bond motifs is 1. The number of anilines is 1. The predicted molar refractivity (Wildman–Crippen MR) is 67.7 cm³/mol. The Morgan fingerprint density at radius 2 is 2.21 bits per heavy atom. The third kappa shape index (κ3) is 2.65. The highest BCUT2D eigenvalue weighted by Crippen LogP contribution is 2.35. The Morgan fingerprint density at radius 1 is 1.47 bits per heavy atom. The highest BCUT2D eigenvalue weighted by Gasteiger charge is 2.33. The van der Waals surface area contributed by atoms with Crippen molar-refractivity contribution < 1.29 is 14.7 Å². The molecule has 0 bridgehead atoms. The molecule has 6 nitrogen and oxygen atoms in total. The van der Waals surface area contributed by atoms with Crippen LogP contribution in [0.4, 0.5) is 5.69 Å².